The van der Waals surface area contributed by atoms with Crippen LogP contribution in [-0.2, 0) is 3.79 Å². The highest BCUT2D eigenvalue weighted by Gasteiger charge is 2.24. The second-order valence-electron chi connectivity index (χ2n) is 1.98. The molecule has 0 spiro atoms. The summed E-state index contributed by atoms with van der Waals surface area (Å²) in [6, 6.07) is 6.90. The van der Waals surface area contributed by atoms with Crippen molar-refractivity contribution in [3.8, 4) is 0 Å². The fourth-order valence-corrected chi connectivity index (χ4v) is 1.61. The number of rotatable bonds is 0. The van der Waals surface area contributed by atoms with Crippen molar-refractivity contribution < 1.29 is 0 Å². The molecule has 0 aliphatic carbocycles. The first-order chi connectivity index (χ1) is 5.02. The quantitative estimate of drug-likeness (QED) is 0.586. The number of halogens is 4. The Bertz CT molecular complexity index is 251. The highest BCUT2D eigenvalue weighted by molar-refractivity contribution is 6.67. The molecule has 1 aromatic rings. The smallest absolute Gasteiger partial charge is 0.0839 e. The zero-order valence-electron chi connectivity index (χ0n) is 5.32. The molecule has 0 aliphatic heterocycles. The fraction of sp³-hybridized carbons (Fsp3) is 0.143. The van der Waals surface area contributed by atoms with Crippen molar-refractivity contribution in [2.24, 2.45) is 0 Å². The van der Waals surface area contributed by atoms with Gasteiger partial charge in [-0.05, 0) is 6.07 Å². The monoisotopic (exact) mass is 228 g/mol. The van der Waals surface area contributed by atoms with E-state index in [1.807, 2.05) is 0 Å². The number of hydrogen-bond acceptors (Lipinski definition) is 0. The van der Waals surface area contributed by atoms with Crippen LogP contribution in [0.15, 0.2) is 24.3 Å². The van der Waals surface area contributed by atoms with Gasteiger partial charge in [0.15, 0.2) is 0 Å². The standard InChI is InChI=1S/C7H4Cl4/c8-6-4-2-1-3-5(6)7(9,10)11/h1-4H. The normalized spacial score (nSPS) is 11.6. The maximum Gasteiger partial charge on any atom is 0.217 e. The zero-order chi connectivity index (χ0) is 8.48. The molecule has 11 heavy (non-hydrogen) atoms. The molecule has 0 amide bonds. The molecule has 0 heterocycles. The van der Waals surface area contributed by atoms with E-state index >= 15 is 0 Å². The minimum Gasteiger partial charge on any atom is -0.0839 e. The maximum atomic E-state index is 5.76. The molecule has 0 atom stereocenters. The van der Waals surface area contributed by atoms with Crippen LogP contribution in [0.2, 0.25) is 5.02 Å². The molecule has 4 heteroatoms. The molecule has 0 N–H and O–H groups in total. The Morgan fingerprint density at radius 3 is 1.91 bits per heavy atom. The molecule has 60 valence electrons. The minimum absolute atomic E-state index is 0.465. The largest absolute Gasteiger partial charge is 0.217 e. The van der Waals surface area contributed by atoms with Crippen molar-refractivity contribution in [2.75, 3.05) is 0 Å². The van der Waals surface area contributed by atoms with E-state index in [0.717, 1.165) is 0 Å². The zero-order valence-corrected chi connectivity index (χ0v) is 8.34. The fourth-order valence-electron chi connectivity index (χ4n) is 0.691. The van der Waals surface area contributed by atoms with E-state index in [1.54, 1.807) is 24.3 Å². The molecule has 1 aromatic carbocycles. The van der Waals surface area contributed by atoms with Crippen LogP contribution in [0.4, 0.5) is 0 Å². The van der Waals surface area contributed by atoms with Gasteiger partial charge in [0.05, 0.1) is 0 Å². The lowest BCUT2D eigenvalue weighted by Crippen LogP contribution is -1.99. The van der Waals surface area contributed by atoms with Gasteiger partial charge in [-0.25, -0.2) is 0 Å². The molecule has 0 unspecified atom stereocenters. The van der Waals surface area contributed by atoms with Crippen LogP contribution < -0.4 is 0 Å². The van der Waals surface area contributed by atoms with E-state index in [-0.39, 0.29) is 0 Å². The van der Waals surface area contributed by atoms with Gasteiger partial charge in [-0.3, -0.25) is 0 Å². The molecule has 0 fully saturated rings. The van der Waals surface area contributed by atoms with Crippen LogP contribution in [0.5, 0.6) is 0 Å². The van der Waals surface area contributed by atoms with Gasteiger partial charge in [-0.2, -0.15) is 0 Å². The number of hydrogen-bond donors (Lipinski definition) is 0. The lowest BCUT2D eigenvalue weighted by Gasteiger charge is -2.11. The van der Waals surface area contributed by atoms with E-state index < -0.39 is 3.79 Å². The van der Waals surface area contributed by atoms with Crippen LogP contribution in [0.25, 0.3) is 0 Å². The molecular formula is C7H4Cl4. The first-order valence-corrected chi connectivity index (χ1v) is 4.35. The van der Waals surface area contributed by atoms with Crippen LogP contribution in [-0.4, -0.2) is 0 Å². The van der Waals surface area contributed by atoms with Gasteiger partial charge < -0.3 is 0 Å². The van der Waals surface area contributed by atoms with E-state index in [2.05, 4.69) is 0 Å². The Morgan fingerprint density at radius 1 is 1.00 bits per heavy atom. The van der Waals surface area contributed by atoms with E-state index in [1.165, 1.54) is 0 Å². The lowest BCUT2D eigenvalue weighted by molar-refractivity contribution is 1.24. The summed E-state index contributed by atoms with van der Waals surface area (Å²) in [6.07, 6.45) is 0. The summed E-state index contributed by atoms with van der Waals surface area (Å²) in [4.78, 5) is 0. The van der Waals surface area contributed by atoms with E-state index in [9.17, 15) is 0 Å². The third-order valence-corrected chi connectivity index (χ3v) is 2.12. The van der Waals surface area contributed by atoms with Gasteiger partial charge >= 0.3 is 0 Å². The molecule has 0 aromatic heterocycles. The first-order valence-electron chi connectivity index (χ1n) is 2.83. The molecular weight excluding hydrogens is 226 g/mol. The first kappa shape index (κ1) is 9.47. The Hall–Kier alpha value is 0.380. The Kier molecular flexibility index (Phi) is 2.93. The summed E-state index contributed by atoms with van der Waals surface area (Å²) in [5.74, 6) is 0. The van der Waals surface area contributed by atoms with Crippen molar-refractivity contribution in [1.29, 1.82) is 0 Å². The maximum absolute atomic E-state index is 5.76. The van der Waals surface area contributed by atoms with Crippen molar-refractivity contribution >= 4 is 46.4 Å². The van der Waals surface area contributed by atoms with Crippen LogP contribution >= 0.6 is 46.4 Å². The summed E-state index contributed by atoms with van der Waals surface area (Å²) in [6.45, 7) is 0. The third-order valence-electron chi connectivity index (χ3n) is 1.18. The predicted octanol–water partition coefficient (Wildman–Crippen LogP) is 4.17. The topological polar surface area (TPSA) is 0 Å². The van der Waals surface area contributed by atoms with Gasteiger partial charge in [-0.1, -0.05) is 64.6 Å². The van der Waals surface area contributed by atoms with Crippen molar-refractivity contribution in [3.63, 3.8) is 0 Å². The molecule has 0 aliphatic rings. The molecule has 0 bridgehead atoms. The Labute approximate surface area is 85.0 Å². The summed E-state index contributed by atoms with van der Waals surface area (Å²) < 4.78 is -1.43. The van der Waals surface area contributed by atoms with Crippen molar-refractivity contribution in [1.82, 2.24) is 0 Å². The summed E-state index contributed by atoms with van der Waals surface area (Å²) in [5.41, 5.74) is 0.506. The van der Waals surface area contributed by atoms with Crippen molar-refractivity contribution in [2.45, 2.75) is 3.79 Å². The van der Waals surface area contributed by atoms with E-state index in [0.29, 0.717) is 10.6 Å². The number of alkyl halides is 3. The summed E-state index contributed by atoms with van der Waals surface area (Å²) in [5, 5.41) is 0.465. The average Bonchev–Trinajstić information content (AvgIpc) is 1.86. The summed E-state index contributed by atoms with van der Waals surface area (Å²) in [7, 11) is 0. The van der Waals surface area contributed by atoms with Crippen molar-refractivity contribution in [3.05, 3.63) is 34.9 Å². The Balaban J connectivity index is 3.14. The third kappa shape index (κ3) is 2.41. The Morgan fingerprint density at radius 2 is 1.55 bits per heavy atom. The lowest BCUT2D eigenvalue weighted by atomic mass is 10.2. The molecule has 0 radical (unpaired) electrons. The second-order valence-corrected chi connectivity index (χ2v) is 4.67. The predicted molar refractivity (Wildman–Crippen MR) is 50.7 cm³/mol. The second kappa shape index (κ2) is 3.40. The highest BCUT2D eigenvalue weighted by Crippen LogP contribution is 2.41. The minimum atomic E-state index is -1.43. The highest BCUT2D eigenvalue weighted by atomic mass is 35.6. The molecule has 0 nitrogen and oxygen atoms in total. The molecule has 0 saturated heterocycles. The van der Waals surface area contributed by atoms with E-state index in [4.69, 9.17) is 46.4 Å². The van der Waals surface area contributed by atoms with Gasteiger partial charge in [0, 0.05) is 10.6 Å². The molecule has 0 saturated carbocycles. The van der Waals surface area contributed by atoms with Gasteiger partial charge in [0.2, 0.25) is 3.79 Å². The SMILES string of the molecule is Clc1ccccc1C(Cl)(Cl)Cl. The van der Waals surface area contributed by atoms with Crippen LogP contribution in [0.1, 0.15) is 5.56 Å². The molecule has 1 rings (SSSR count). The van der Waals surface area contributed by atoms with Gasteiger partial charge in [-0.15, -0.1) is 0 Å². The number of benzene rings is 1. The average molecular weight is 230 g/mol. The van der Waals surface area contributed by atoms with Gasteiger partial charge in [0.25, 0.3) is 0 Å². The van der Waals surface area contributed by atoms with Gasteiger partial charge in [0.1, 0.15) is 0 Å². The summed E-state index contributed by atoms with van der Waals surface area (Å²) >= 11 is 22.6. The van der Waals surface area contributed by atoms with Crippen LogP contribution in [0, 0.1) is 0 Å². The van der Waals surface area contributed by atoms with Crippen LogP contribution in [0.3, 0.4) is 0 Å².